The van der Waals surface area contributed by atoms with Crippen LogP contribution in [0.3, 0.4) is 0 Å². The van der Waals surface area contributed by atoms with E-state index in [2.05, 4.69) is 43.3 Å². The lowest BCUT2D eigenvalue weighted by molar-refractivity contribution is 0.263. The van der Waals surface area contributed by atoms with E-state index in [1.165, 1.54) is 102 Å². The van der Waals surface area contributed by atoms with Gasteiger partial charge < -0.3 is 9.47 Å². The van der Waals surface area contributed by atoms with Crippen LogP contribution in [0.1, 0.15) is 102 Å². The Morgan fingerprint density at radius 3 is 2.14 bits per heavy atom. The first-order chi connectivity index (χ1) is 14.4. The van der Waals surface area contributed by atoms with Crippen molar-refractivity contribution in [2.75, 3.05) is 13.2 Å². The second kappa shape index (κ2) is 16.5. The van der Waals surface area contributed by atoms with Gasteiger partial charge in [0.2, 0.25) is 0 Å². The van der Waals surface area contributed by atoms with Gasteiger partial charge in [0, 0.05) is 0 Å². The third-order valence-corrected chi connectivity index (χ3v) is 5.71. The zero-order valence-electron chi connectivity index (χ0n) is 18.9. The minimum absolute atomic E-state index is 0.330. The van der Waals surface area contributed by atoms with Crippen molar-refractivity contribution in [3.8, 4) is 5.75 Å². The first kappa shape index (κ1) is 24.0. The van der Waals surface area contributed by atoms with Crippen LogP contribution in [-0.2, 0) is 11.2 Å². The minimum atomic E-state index is 0.330. The number of rotatable bonds is 19. The molecule has 0 aliphatic carbocycles. The van der Waals surface area contributed by atoms with E-state index in [-0.39, 0.29) is 0 Å². The molecule has 2 nitrogen and oxygen atoms in total. The van der Waals surface area contributed by atoms with Crippen molar-refractivity contribution < 1.29 is 9.47 Å². The molecule has 1 heterocycles. The fourth-order valence-electron chi connectivity index (χ4n) is 3.71. The first-order valence-electron chi connectivity index (χ1n) is 12.4. The highest BCUT2D eigenvalue weighted by Gasteiger charge is 2.22. The SMILES string of the molecule is CCCC/C=C/CCCCCCCCCCCCc1cccc(OCC2CO2)c1. The maximum absolute atomic E-state index is 5.78. The van der Waals surface area contributed by atoms with E-state index < -0.39 is 0 Å². The number of hydrogen-bond acceptors (Lipinski definition) is 2. The largest absolute Gasteiger partial charge is 0.491 e. The lowest BCUT2D eigenvalue weighted by Gasteiger charge is -2.07. The number of allylic oxidation sites excluding steroid dienone is 2. The van der Waals surface area contributed by atoms with Crippen LogP contribution in [0.25, 0.3) is 0 Å². The minimum Gasteiger partial charge on any atom is -0.491 e. The summed E-state index contributed by atoms with van der Waals surface area (Å²) in [6, 6.07) is 8.59. The van der Waals surface area contributed by atoms with Crippen molar-refractivity contribution in [3.05, 3.63) is 42.0 Å². The summed E-state index contributed by atoms with van der Waals surface area (Å²) in [6.45, 7) is 3.81. The van der Waals surface area contributed by atoms with Crippen molar-refractivity contribution in [1.82, 2.24) is 0 Å². The van der Waals surface area contributed by atoms with Crippen LogP contribution in [-0.4, -0.2) is 19.3 Å². The van der Waals surface area contributed by atoms with Crippen molar-refractivity contribution in [1.29, 1.82) is 0 Å². The molecule has 2 heteroatoms. The summed E-state index contributed by atoms with van der Waals surface area (Å²) in [5.74, 6) is 0.991. The molecular formula is C27H44O2. The predicted octanol–water partition coefficient (Wildman–Crippen LogP) is 8.04. The highest BCUT2D eigenvalue weighted by molar-refractivity contribution is 5.28. The Bertz CT molecular complexity index is 533. The molecule has 0 radical (unpaired) electrons. The molecule has 1 fully saturated rings. The highest BCUT2D eigenvalue weighted by Crippen LogP contribution is 2.18. The summed E-state index contributed by atoms with van der Waals surface area (Å²) in [5.41, 5.74) is 1.40. The van der Waals surface area contributed by atoms with Gasteiger partial charge in [0.15, 0.2) is 0 Å². The Hall–Kier alpha value is -1.28. The summed E-state index contributed by atoms with van der Waals surface area (Å²) < 4.78 is 11.0. The quantitative estimate of drug-likeness (QED) is 0.133. The maximum Gasteiger partial charge on any atom is 0.119 e. The predicted molar refractivity (Wildman–Crippen MR) is 125 cm³/mol. The Labute approximate surface area is 180 Å². The normalized spacial score (nSPS) is 15.8. The molecule has 0 aromatic heterocycles. The molecule has 1 atom stereocenters. The fourth-order valence-corrected chi connectivity index (χ4v) is 3.71. The first-order valence-corrected chi connectivity index (χ1v) is 12.4. The van der Waals surface area contributed by atoms with E-state index in [0.29, 0.717) is 12.7 Å². The standard InChI is InChI=1S/C27H44O2/c1-2-3-4-5-6-7-8-9-10-11-12-13-14-15-16-17-19-25-20-18-21-26(22-25)28-23-27-24-29-27/h5-6,18,20-22,27H,2-4,7-17,19,23-24H2,1H3/b6-5+. The van der Waals surface area contributed by atoms with Crippen LogP contribution in [0.2, 0.25) is 0 Å². The summed E-state index contributed by atoms with van der Waals surface area (Å²) in [7, 11) is 0. The molecule has 1 aromatic rings. The molecule has 0 bridgehead atoms. The number of unbranched alkanes of at least 4 members (excludes halogenated alkanes) is 12. The van der Waals surface area contributed by atoms with Gasteiger partial charge in [0.25, 0.3) is 0 Å². The lowest BCUT2D eigenvalue weighted by Crippen LogP contribution is -2.04. The molecule has 2 rings (SSSR count). The van der Waals surface area contributed by atoms with Crippen molar-refractivity contribution >= 4 is 0 Å². The van der Waals surface area contributed by atoms with Gasteiger partial charge in [-0.05, 0) is 49.8 Å². The molecule has 1 aliphatic rings. The average molecular weight is 401 g/mol. The topological polar surface area (TPSA) is 21.8 Å². The summed E-state index contributed by atoms with van der Waals surface area (Å²) in [4.78, 5) is 0. The molecule has 29 heavy (non-hydrogen) atoms. The summed E-state index contributed by atoms with van der Waals surface area (Å²) in [5, 5.41) is 0. The van der Waals surface area contributed by atoms with E-state index in [9.17, 15) is 0 Å². The Kier molecular flexibility index (Phi) is 13.7. The lowest BCUT2D eigenvalue weighted by atomic mass is 10.0. The second-order valence-corrected chi connectivity index (χ2v) is 8.60. The van der Waals surface area contributed by atoms with Crippen molar-refractivity contribution in [3.63, 3.8) is 0 Å². The van der Waals surface area contributed by atoms with E-state index in [1.54, 1.807) is 0 Å². The van der Waals surface area contributed by atoms with E-state index in [1.807, 2.05) is 0 Å². The van der Waals surface area contributed by atoms with Crippen molar-refractivity contribution in [2.45, 2.75) is 109 Å². The van der Waals surface area contributed by atoms with Gasteiger partial charge in [-0.3, -0.25) is 0 Å². The number of aryl methyl sites for hydroxylation is 1. The van der Waals surface area contributed by atoms with Gasteiger partial charge in [-0.15, -0.1) is 0 Å². The van der Waals surface area contributed by atoms with Gasteiger partial charge >= 0.3 is 0 Å². The maximum atomic E-state index is 5.78. The number of benzene rings is 1. The molecule has 0 spiro atoms. The number of ether oxygens (including phenoxy) is 2. The summed E-state index contributed by atoms with van der Waals surface area (Å²) in [6.07, 6.45) is 25.4. The molecule has 0 saturated carbocycles. The van der Waals surface area contributed by atoms with Crippen LogP contribution < -0.4 is 4.74 Å². The smallest absolute Gasteiger partial charge is 0.119 e. The molecule has 1 unspecified atom stereocenters. The second-order valence-electron chi connectivity index (χ2n) is 8.60. The molecule has 1 saturated heterocycles. The monoisotopic (exact) mass is 400 g/mol. The molecular weight excluding hydrogens is 356 g/mol. The van der Waals surface area contributed by atoms with Crippen LogP contribution >= 0.6 is 0 Å². The van der Waals surface area contributed by atoms with Crippen LogP contribution in [0.4, 0.5) is 0 Å². The molecule has 1 aliphatic heterocycles. The summed E-state index contributed by atoms with van der Waals surface area (Å²) >= 11 is 0. The zero-order chi connectivity index (χ0) is 20.4. The van der Waals surface area contributed by atoms with Gasteiger partial charge in [0.05, 0.1) is 6.61 Å². The van der Waals surface area contributed by atoms with Gasteiger partial charge in [-0.1, -0.05) is 95.4 Å². The van der Waals surface area contributed by atoms with E-state index >= 15 is 0 Å². The highest BCUT2D eigenvalue weighted by atomic mass is 16.6. The van der Waals surface area contributed by atoms with Crippen LogP contribution in [0, 0.1) is 0 Å². The zero-order valence-corrected chi connectivity index (χ0v) is 18.9. The van der Waals surface area contributed by atoms with Gasteiger partial charge in [-0.2, -0.15) is 0 Å². The average Bonchev–Trinajstić information content (AvgIpc) is 3.57. The molecule has 1 aromatic carbocycles. The Morgan fingerprint density at radius 1 is 0.862 bits per heavy atom. The fraction of sp³-hybridized carbons (Fsp3) is 0.704. The molecule has 164 valence electrons. The number of hydrogen-bond donors (Lipinski definition) is 0. The van der Waals surface area contributed by atoms with E-state index in [4.69, 9.17) is 9.47 Å². The third kappa shape index (κ3) is 13.5. The van der Waals surface area contributed by atoms with E-state index in [0.717, 1.165) is 12.4 Å². The Morgan fingerprint density at radius 2 is 1.48 bits per heavy atom. The van der Waals surface area contributed by atoms with Gasteiger partial charge in [-0.25, -0.2) is 0 Å². The number of epoxide rings is 1. The molecule has 0 amide bonds. The molecule has 0 N–H and O–H groups in total. The van der Waals surface area contributed by atoms with Gasteiger partial charge in [0.1, 0.15) is 18.5 Å². The van der Waals surface area contributed by atoms with Crippen molar-refractivity contribution in [2.24, 2.45) is 0 Å². The van der Waals surface area contributed by atoms with Crippen LogP contribution in [0.5, 0.6) is 5.75 Å². The Balaban J connectivity index is 1.34. The van der Waals surface area contributed by atoms with Crippen LogP contribution in [0.15, 0.2) is 36.4 Å². The third-order valence-electron chi connectivity index (χ3n) is 5.71.